The van der Waals surface area contributed by atoms with Gasteiger partial charge in [-0.05, 0) is 36.8 Å². The quantitative estimate of drug-likeness (QED) is 0.633. The smallest absolute Gasteiger partial charge is 0.338 e. The molecule has 0 amide bonds. The van der Waals surface area contributed by atoms with E-state index in [-0.39, 0.29) is 29.4 Å². The van der Waals surface area contributed by atoms with Crippen molar-refractivity contribution in [1.29, 1.82) is 0 Å². The third-order valence-corrected chi connectivity index (χ3v) is 3.93. The molecule has 0 bridgehead atoms. The number of hydrogen-bond donors (Lipinski definition) is 1. The molecule has 0 aliphatic carbocycles. The summed E-state index contributed by atoms with van der Waals surface area (Å²) in [6.45, 7) is 2.22. The van der Waals surface area contributed by atoms with E-state index in [0.717, 1.165) is 11.1 Å². The molecule has 27 heavy (non-hydrogen) atoms. The summed E-state index contributed by atoms with van der Waals surface area (Å²) in [6.07, 6.45) is 0. The van der Waals surface area contributed by atoms with Crippen LogP contribution in [0.15, 0.2) is 66.7 Å². The topological polar surface area (TPSA) is 65.0 Å². The maximum atomic E-state index is 11.9. The van der Waals surface area contributed by atoms with Gasteiger partial charge in [0, 0.05) is 0 Å². The molecule has 0 atom stereocenters. The molecule has 0 spiro atoms. The predicted molar refractivity (Wildman–Crippen MR) is 101 cm³/mol. The van der Waals surface area contributed by atoms with Gasteiger partial charge in [-0.15, -0.1) is 0 Å². The van der Waals surface area contributed by atoms with E-state index in [2.05, 4.69) is 0 Å². The molecule has 0 fully saturated rings. The fourth-order valence-electron chi connectivity index (χ4n) is 2.51. The van der Waals surface area contributed by atoms with E-state index in [4.69, 9.17) is 14.2 Å². The number of methoxy groups -OCH3 is 1. The average Bonchev–Trinajstić information content (AvgIpc) is 2.69. The van der Waals surface area contributed by atoms with Crippen LogP contribution in [-0.4, -0.2) is 18.2 Å². The molecule has 0 aromatic heterocycles. The molecule has 3 aromatic rings. The number of benzene rings is 3. The molecule has 0 heterocycles. The molecule has 3 rings (SSSR count). The highest BCUT2D eigenvalue weighted by Crippen LogP contribution is 2.41. The van der Waals surface area contributed by atoms with Gasteiger partial charge in [0.15, 0.2) is 11.5 Å². The van der Waals surface area contributed by atoms with Crippen molar-refractivity contribution >= 4 is 5.97 Å². The fraction of sp³-hybridized carbons (Fsp3) is 0.136. The number of aromatic hydroxyl groups is 1. The van der Waals surface area contributed by atoms with Crippen molar-refractivity contribution in [3.8, 4) is 23.0 Å². The van der Waals surface area contributed by atoms with Crippen LogP contribution in [0.2, 0.25) is 0 Å². The van der Waals surface area contributed by atoms with Crippen molar-refractivity contribution in [3.63, 3.8) is 0 Å². The van der Waals surface area contributed by atoms with Gasteiger partial charge in [0.25, 0.3) is 0 Å². The number of ether oxygens (including phenoxy) is 3. The number of aryl methyl sites for hydroxylation is 1. The Bertz CT molecular complexity index is 917. The maximum Gasteiger partial charge on any atom is 0.338 e. The highest BCUT2D eigenvalue weighted by atomic mass is 16.5. The van der Waals surface area contributed by atoms with Crippen LogP contribution >= 0.6 is 0 Å². The molecule has 0 radical (unpaired) electrons. The van der Waals surface area contributed by atoms with Crippen LogP contribution in [0, 0.1) is 6.92 Å². The number of carbonyl (C=O) groups excluding carboxylic acids is 1. The second-order valence-electron chi connectivity index (χ2n) is 6.00. The Morgan fingerprint density at radius 1 is 1.00 bits per heavy atom. The molecule has 1 N–H and O–H groups in total. The van der Waals surface area contributed by atoms with E-state index < -0.39 is 5.97 Å². The van der Waals surface area contributed by atoms with Crippen molar-refractivity contribution in [2.24, 2.45) is 0 Å². The van der Waals surface area contributed by atoms with E-state index in [9.17, 15) is 9.90 Å². The van der Waals surface area contributed by atoms with Crippen molar-refractivity contribution in [2.45, 2.75) is 13.5 Å². The maximum absolute atomic E-state index is 11.9. The van der Waals surface area contributed by atoms with Gasteiger partial charge in [-0.3, -0.25) is 0 Å². The largest absolute Gasteiger partial charge is 0.504 e. The molecule has 0 aliphatic heterocycles. The van der Waals surface area contributed by atoms with Gasteiger partial charge in [0.1, 0.15) is 12.4 Å². The standard InChI is InChI=1S/C22H20O5/c1-15-8-10-18(11-9-15)27-20-13-17(22(24)25-2)12-19(23)21(20)26-14-16-6-4-3-5-7-16/h3-13,23H,14H2,1-2H3. The van der Waals surface area contributed by atoms with Gasteiger partial charge in [-0.25, -0.2) is 4.79 Å². The zero-order valence-corrected chi connectivity index (χ0v) is 15.1. The lowest BCUT2D eigenvalue weighted by atomic mass is 10.1. The van der Waals surface area contributed by atoms with E-state index >= 15 is 0 Å². The van der Waals surface area contributed by atoms with Crippen LogP contribution in [0.1, 0.15) is 21.5 Å². The zero-order chi connectivity index (χ0) is 19.2. The highest BCUT2D eigenvalue weighted by Gasteiger charge is 2.18. The summed E-state index contributed by atoms with van der Waals surface area (Å²) >= 11 is 0. The summed E-state index contributed by atoms with van der Waals surface area (Å²) in [5.74, 6) is 0.179. The number of phenols is 1. The van der Waals surface area contributed by atoms with Crippen LogP contribution < -0.4 is 9.47 Å². The molecular weight excluding hydrogens is 344 g/mol. The molecular formula is C22H20O5. The van der Waals surface area contributed by atoms with Crippen molar-refractivity contribution in [1.82, 2.24) is 0 Å². The number of esters is 1. The van der Waals surface area contributed by atoms with Crippen LogP contribution in [0.3, 0.4) is 0 Å². The lowest BCUT2D eigenvalue weighted by Gasteiger charge is -2.15. The number of carbonyl (C=O) groups is 1. The minimum absolute atomic E-state index is 0.159. The van der Waals surface area contributed by atoms with Gasteiger partial charge in [-0.1, -0.05) is 48.0 Å². The Balaban J connectivity index is 1.94. The fourth-order valence-corrected chi connectivity index (χ4v) is 2.51. The third-order valence-electron chi connectivity index (χ3n) is 3.93. The molecule has 0 saturated heterocycles. The summed E-state index contributed by atoms with van der Waals surface area (Å²) < 4.78 is 16.4. The minimum atomic E-state index is -0.575. The molecule has 5 heteroatoms. The molecule has 0 aliphatic rings. The van der Waals surface area contributed by atoms with E-state index in [1.807, 2.05) is 49.4 Å². The van der Waals surface area contributed by atoms with Crippen LogP contribution in [0.5, 0.6) is 23.0 Å². The third kappa shape index (κ3) is 4.58. The van der Waals surface area contributed by atoms with Crippen LogP contribution in [0.25, 0.3) is 0 Å². The summed E-state index contributed by atoms with van der Waals surface area (Å²) in [5, 5.41) is 10.4. The van der Waals surface area contributed by atoms with Gasteiger partial charge in [0.05, 0.1) is 12.7 Å². The predicted octanol–water partition coefficient (Wildman–Crippen LogP) is 4.86. The first kappa shape index (κ1) is 18.3. The number of rotatable bonds is 6. The first-order valence-corrected chi connectivity index (χ1v) is 8.43. The average molecular weight is 364 g/mol. The van der Waals surface area contributed by atoms with Gasteiger partial charge in [0.2, 0.25) is 5.75 Å². The summed E-state index contributed by atoms with van der Waals surface area (Å²) in [4.78, 5) is 11.9. The van der Waals surface area contributed by atoms with Crippen molar-refractivity contribution < 1.29 is 24.1 Å². The Morgan fingerprint density at radius 3 is 2.37 bits per heavy atom. The van der Waals surface area contributed by atoms with Crippen LogP contribution in [-0.2, 0) is 11.3 Å². The Hall–Kier alpha value is -3.47. The second-order valence-corrected chi connectivity index (χ2v) is 6.00. The highest BCUT2D eigenvalue weighted by molar-refractivity contribution is 5.91. The first-order chi connectivity index (χ1) is 13.1. The SMILES string of the molecule is COC(=O)c1cc(O)c(OCc2ccccc2)c(Oc2ccc(C)cc2)c1. The molecule has 5 nitrogen and oxygen atoms in total. The van der Waals surface area contributed by atoms with Gasteiger partial charge in [-0.2, -0.15) is 0 Å². The minimum Gasteiger partial charge on any atom is -0.504 e. The van der Waals surface area contributed by atoms with E-state index in [1.54, 1.807) is 12.1 Å². The Labute approximate surface area is 157 Å². The molecule has 0 unspecified atom stereocenters. The number of hydrogen-bond acceptors (Lipinski definition) is 5. The van der Waals surface area contributed by atoms with Gasteiger partial charge >= 0.3 is 5.97 Å². The Morgan fingerprint density at radius 2 is 1.70 bits per heavy atom. The summed E-state index contributed by atoms with van der Waals surface area (Å²) in [7, 11) is 1.28. The van der Waals surface area contributed by atoms with Crippen LogP contribution in [0.4, 0.5) is 0 Å². The normalized spacial score (nSPS) is 10.3. The van der Waals surface area contributed by atoms with Gasteiger partial charge < -0.3 is 19.3 Å². The lowest BCUT2D eigenvalue weighted by molar-refractivity contribution is 0.0599. The first-order valence-electron chi connectivity index (χ1n) is 8.43. The lowest BCUT2D eigenvalue weighted by Crippen LogP contribution is -2.03. The molecule has 0 saturated carbocycles. The van der Waals surface area contributed by atoms with E-state index in [1.165, 1.54) is 19.2 Å². The second kappa shape index (κ2) is 8.27. The number of phenolic OH excluding ortho intramolecular Hbond substituents is 1. The Kier molecular flexibility index (Phi) is 5.61. The van der Waals surface area contributed by atoms with Crippen molar-refractivity contribution in [3.05, 3.63) is 83.4 Å². The summed E-state index contributed by atoms with van der Waals surface area (Å²) in [5.41, 5.74) is 2.20. The molecule has 138 valence electrons. The zero-order valence-electron chi connectivity index (χ0n) is 15.1. The van der Waals surface area contributed by atoms with Crippen molar-refractivity contribution in [2.75, 3.05) is 7.11 Å². The molecule has 3 aromatic carbocycles. The monoisotopic (exact) mass is 364 g/mol. The van der Waals surface area contributed by atoms with E-state index in [0.29, 0.717) is 5.75 Å². The summed E-state index contributed by atoms with van der Waals surface area (Å²) in [6, 6.07) is 19.8.